The maximum atomic E-state index is 12.9. The molecular formula is C15H25N5O4S. The third-order valence-corrected chi connectivity index (χ3v) is 6.45. The van der Waals surface area contributed by atoms with Gasteiger partial charge in [-0.05, 0) is 20.3 Å². The molecule has 0 aliphatic carbocycles. The molecule has 1 aromatic heterocycles. The normalized spacial score (nSPS) is 27.4. The molecule has 1 amide bonds. The van der Waals surface area contributed by atoms with Crippen LogP contribution in [-0.4, -0.2) is 72.7 Å². The van der Waals surface area contributed by atoms with E-state index in [0.29, 0.717) is 39.3 Å². The summed E-state index contributed by atoms with van der Waals surface area (Å²) in [5.74, 6) is -0.165. The Morgan fingerprint density at radius 2 is 2.08 bits per heavy atom. The van der Waals surface area contributed by atoms with Crippen LogP contribution in [0.25, 0.3) is 0 Å². The SMILES string of the molecule is CCn1cc([C@H]2C[C@@H](C(=O)N3CCOCC3)N(C)S(=O)(=O)N2)c(C)n1. The average molecular weight is 371 g/mol. The van der Waals surface area contributed by atoms with Gasteiger partial charge in [0.25, 0.3) is 10.2 Å². The van der Waals surface area contributed by atoms with Gasteiger partial charge in [-0.1, -0.05) is 0 Å². The van der Waals surface area contributed by atoms with Gasteiger partial charge in [-0.3, -0.25) is 9.48 Å². The molecule has 0 aromatic carbocycles. The molecule has 1 aromatic rings. The second kappa shape index (κ2) is 7.02. The van der Waals surface area contributed by atoms with Crippen molar-refractivity contribution >= 4 is 16.1 Å². The Labute approximate surface area is 148 Å². The summed E-state index contributed by atoms with van der Waals surface area (Å²) in [6, 6.07) is -1.18. The minimum absolute atomic E-state index is 0.165. The first-order chi connectivity index (χ1) is 11.8. The molecule has 2 atom stereocenters. The van der Waals surface area contributed by atoms with E-state index < -0.39 is 22.3 Å². The number of hydrogen-bond donors (Lipinski definition) is 1. The fourth-order valence-electron chi connectivity index (χ4n) is 3.33. The van der Waals surface area contributed by atoms with Crippen LogP contribution < -0.4 is 4.72 Å². The van der Waals surface area contributed by atoms with Crippen molar-refractivity contribution in [3.8, 4) is 0 Å². The van der Waals surface area contributed by atoms with Gasteiger partial charge >= 0.3 is 0 Å². The number of carbonyl (C=O) groups is 1. The maximum absolute atomic E-state index is 12.9. The zero-order chi connectivity index (χ0) is 18.2. The lowest BCUT2D eigenvalue weighted by atomic mass is 9.99. The van der Waals surface area contributed by atoms with Crippen molar-refractivity contribution in [3.63, 3.8) is 0 Å². The van der Waals surface area contributed by atoms with E-state index in [9.17, 15) is 13.2 Å². The summed E-state index contributed by atoms with van der Waals surface area (Å²) in [4.78, 5) is 14.6. The fourth-order valence-corrected chi connectivity index (χ4v) is 4.59. The van der Waals surface area contributed by atoms with Crippen LogP contribution >= 0.6 is 0 Å². The molecule has 10 heteroatoms. The molecule has 0 bridgehead atoms. The highest BCUT2D eigenvalue weighted by Gasteiger charge is 2.43. The number of rotatable bonds is 3. The Kier molecular flexibility index (Phi) is 5.14. The highest BCUT2D eigenvalue weighted by Crippen LogP contribution is 2.30. The van der Waals surface area contributed by atoms with Crippen molar-refractivity contribution in [2.75, 3.05) is 33.4 Å². The predicted molar refractivity (Wildman–Crippen MR) is 91.0 cm³/mol. The number of likely N-dealkylation sites (N-methyl/N-ethyl adjacent to an activating group) is 1. The Balaban J connectivity index is 1.87. The maximum Gasteiger partial charge on any atom is 0.280 e. The van der Waals surface area contributed by atoms with E-state index in [2.05, 4.69) is 9.82 Å². The van der Waals surface area contributed by atoms with Gasteiger partial charge in [-0.2, -0.15) is 22.5 Å². The van der Waals surface area contributed by atoms with Gasteiger partial charge in [0.2, 0.25) is 5.91 Å². The number of ether oxygens (including phenoxy) is 1. The molecule has 3 heterocycles. The summed E-state index contributed by atoms with van der Waals surface area (Å²) in [5.41, 5.74) is 1.59. The molecule has 0 radical (unpaired) electrons. The molecule has 2 aliphatic heterocycles. The van der Waals surface area contributed by atoms with E-state index in [1.807, 2.05) is 20.0 Å². The predicted octanol–water partition coefficient (Wildman–Crippen LogP) is -0.350. The average Bonchev–Trinajstić information content (AvgIpc) is 2.98. The first-order valence-corrected chi connectivity index (χ1v) is 9.93. The van der Waals surface area contributed by atoms with Gasteiger partial charge in [0.05, 0.1) is 24.9 Å². The number of amides is 1. The van der Waals surface area contributed by atoms with Crippen LogP contribution in [0.15, 0.2) is 6.20 Å². The van der Waals surface area contributed by atoms with Gasteiger partial charge in [0.1, 0.15) is 6.04 Å². The highest BCUT2D eigenvalue weighted by atomic mass is 32.2. The summed E-state index contributed by atoms with van der Waals surface area (Å²) in [6.07, 6.45) is 2.23. The van der Waals surface area contributed by atoms with Gasteiger partial charge < -0.3 is 9.64 Å². The van der Waals surface area contributed by atoms with Crippen molar-refractivity contribution < 1.29 is 17.9 Å². The lowest BCUT2D eigenvalue weighted by molar-refractivity contribution is -0.139. The molecule has 2 aliphatic rings. The lowest BCUT2D eigenvalue weighted by Crippen LogP contribution is -2.59. The van der Waals surface area contributed by atoms with Gasteiger partial charge in [-0.15, -0.1) is 0 Å². The van der Waals surface area contributed by atoms with E-state index in [-0.39, 0.29) is 5.91 Å². The zero-order valence-corrected chi connectivity index (χ0v) is 15.6. The Morgan fingerprint density at radius 1 is 1.40 bits per heavy atom. The van der Waals surface area contributed by atoms with Gasteiger partial charge in [-0.25, -0.2) is 0 Å². The van der Waals surface area contributed by atoms with E-state index >= 15 is 0 Å². The second-order valence-electron chi connectivity index (χ2n) is 6.41. The summed E-state index contributed by atoms with van der Waals surface area (Å²) >= 11 is 0. The Hall–Kier alpha value is -1.49. The van der Waals surface area contributed by atoms with E-state index in [1.165, 1.54) is 7.05 Å². The molecule has 0 unspecified atom stereocenters. The molecule has 140 valence electrons. The molecule has 25 heavy (non-hydrogen) atoms. The first-order valence-electron chi connectivity index (χ1n) is 8.49. The van der Waals surface area contributed by atoms with Crippen LogP contribution in [0.2, 0.25) is 0 Å². The number of aromatic nitrogens is 2. The largest absolute Gasteiger partial charge is 0.378 e. The van der Waals surface area contributed by atoms with Crippen LogP contribution in [0, 0.1) is 6.92 Å². The number of carbonyl (C=O) groups excluding carboxylic acids is 1. The number of hydrogen-bond acceptors (Lipinski definition) is 5. The van der Waals surface area contributed by atoms with E-state index in [1.54, 1.807) is 9.58 Å². The molecule has 0 spiro atoms. The minimum atomic E-state index is -3.74. The molecular weight excluding hydrogens is 346 g/mol. The van der Waals surface area contributed by atoms with Crippen molar-refractivity contribution in [2.45, 2.75) is 38.9 Å². The highest BCUT2D eigenvalue weighted by molar-refractivity contribution is 7.87. The molecule has 2 saturated heterocycles. The summed E-state index contributed by atoms with van der Waals surface area (Å²) in [6.45, 7) is 6.49. The van der Waals surface area contributed by atoms with Crippen molar-refractivity contribution in [2.24, 2.45) is 0 Å². The van der Waals surface area contributed by atoms with Crippen LogP contribution in [0.3, 0.4) is 0 Å². The summed E-state index contributed by atoms with van der Waals surface area (Å²) < 4.78 is 36.0. The number of morpholine rings is 1. The van der Waals surface area contributed by atoms with Gasteiger partial charge in [0.15, 0.2) is 0 Å². The Bertz CT molecular complexity index is 741. The summed E-state index contributed by atoms with van der Waals surface area (Å²) in [7, 11) is -2.29. The monoisotopic (exact) mass is 371 g/mol. The van der Waals surface area contributed by atoms with Crippen LogP contribution in [0.5, 0.6) is 0 Å². The van der Waals surface area contributed by atoms with Crippen molar-refractivity contribution in [1.82, 2.24) is 23.7 Å². The molecule has 2 fully saturated rings. The van der Waals surface area contributed by atoms with Crippen LogP contribution in [0.4, 0.5) is 0 Å². The third-order valence-electron chi connectivity index (χ3n) is 4.86. The van der Waals surface area contributed by atoms with Gasteiger partial charge in [0, 0.05) is 38.4 Å². The number of aryl methyl sites for hydroxylation is 2. The van der Waals surface area contributed by atoms with Crippen molar-refractivity contribution in [3.05, 3.63) is 17.5 Å². The molecule has 1 N–H and O–H groups in total. The second-order valence-corrected chi connectivity index (χ2v) is 8.17. The van der Waals surface area contributed by atoms with E-state index in [4.69, 9.17) is 4.74 Å². The topological polar surface area (TPSA) is 96.8 Å². The number of nitrogens with zero attached hydrogens (tertiary/aromatic N) is 4. The summed E-state index contributed by atoms with van der Waals surface area (Å²) in [5, 5.41) is 4.39. The number of nitrogens with one attached hydrogen (secondary N) is 1. The smallest absolute Gasteiger partial charge is 0.280 e. The van der Waals surface area contributed by atoms with Crippen LogP contribution in [-0.2, 0) is 26.3 Å². The van der Waals surface area contributed by atoms with Crippen LogP contribution in [0.1, 0.15) is 30.6 Å². The third kappa shape index (κ3) is 3.57. The minimum Gasteiger partial charge on any atom is -0.378 e. The molecule has 3 rings (SSSR count). The Morgan fingerprint density at radius 3 is 2.68 bits per heavy atom. The molecule has 0 saturated carbocycles. The zero-order valence-electron chi connectivity index (χ0n) is 14.8. The fraction of sp³-hybridized carbons (Fsp3) is 0.733. The quantitative estimate of drug-likeness (QED) is 0.783. The van der Waals surface area contributed by atoms with E-state index in [0.717, 1.165) is 15.6 Å². The first kappa shape index (κ1) is 18.3. The van der Waals surface area contributed by atoms with Crippen molar-refractivity contribution in [1.29, 1.82) is 0 Å². The standard InChI is InChI=1S/C15H25N5O4S/c1-4-20-10-12(11(2)16-20)13-9-14(18(3)25(22,23)17-13)15(21)19-5-7-24-8-6-19/h10,13-14,17H,4-9H2,1-3H3/t13-,14+/m1/s1. The lowest BCUT2D eigenvalue weighted by Gasteiger charge is -2.39. The molecule has 9 nitrogen and oxygen atoms in total.